The number of aryl methyl sites for hydroxylation is 2. The third kappa shape index (κ3) is 51.6. The van der Waals surface area contributed by atoms with E-state index in [-0.39, 0.29) is 0 Å². The summed E-state index contributed by atoms with van der Waals surface area (Å²) in [6.45, 7) is 9.24. The Labute approximate surface area is 527 Å². The van der Waals surface area contributed by atoms with Gasteiger partial charge < -0.3 is 0 Å². The van der Waals surface area contributed by atoms with Gasteiger partial charge in [-0.1, -0.05) is 405 Å². The highest BCUT2D eigenvalue weighted by atomic mass is 14.8. The highest BCUT2D eigenvalue weighted by Gasteiger charge is 2.09. The molecule has 0 fully saturated rings. The number of nitrogens with zero attached hydrogens (tertiary/aromatic N) is 2. The average molecular weight is 1160 g/mol. The molecule has 0 atom stereocenters. The van der Waals surface area contributed by atoms with Crippen molar-refractivity contribution in [1.82, 2.24) is 0 Å². The predicted molar refractivity (Wildman–Crippen MR) is 383 cm³/mol. The number of unbranched alkanes of at least 4 members (excludes halogenated alkanes) is 55. The van der Waals surface area contributed by atoms with Crippen LogP contribution in [0.4, 0.5) is 11.4 Å². The van der Waals surface area contributed by atoms with Crippen molar-refractivity contribution in [2.45, 2.75) is 426 Å². The Morgan fingerprint density at radius 1 is 0.250 bits per heavy atom. The van der Waals surface area contributed by atoms with Crippen LogP contribution in [0.2, 0.25) is 0 Å². The first-order valence-corrected chi connectivity index (χ1v) is 38.7. The van der Waals surface area contributed by atoms with E-state index in [0.717, 1.165) is 48.5 Å². The van der Waals surface area contributed by atoms with E-state index in [1.54, 1.807) is 0 Å². The van der Waals surface area contributed by atoms with Gasteiger partial charge in [-0.25, -0.2) is 4.99 Å². The quantitative estimate of drug-likeness (QED) is 0.0466. The number of allylic oxidation sites excluding steroid dienone is 2. The van der Waals surface area contributed by atoms with Crippen molar-refractivity contribution >= 4 is 22.8 Å². The Morgan fingerprint density at radius 2 is 0.476 bits per heavy atom. The zero-order chi connectivity index (χ0) is 59.8. The molecule has 0 aromatic heterocycles. The molecule has 2 heteroatoms. The summed E-state index contributed by atoms with van der Waals surface area (Å²) in [5.74, 6) is 0. The maximum Gasteiger partial charge on any atom is 0.0848 e. The van der Waals surface area contributed by atoms with Gasteiger partial charge in [0, 0.05) is 0 Å². The third-order valence-electron chi connectivity index (χ3n) is 18.6. The maximum absolute atomic E-state index is 5.39. The molecule has 0 aliphatic rings. The molecule has 2 aromatic carbocycles. The molecule has 2 nitrogen and oxygen atoms in total. The van der Waals surface area contributed by atoms with E-state index in [2.05, 4.69) is 88.4 Å². The van der Waals surface area contributed by atoms with Crippen molar-refractivity contribution in [3.8, 4) is 0 Å². The summed E-state index contributed by atoms with van der Waals surface area (Å²) in [6.07, 6.45) is 91.3. The Bertz CT molecular complexity index is 1700. The van der Waals surface area contributed by atoms with Crippen LogP contribution in [0, 0.1) is 0 Å². The molecule has 2 aromatic rings. The van der Waals surface area contributed by atoms with Crippen LogP contribution in [0.1, 0.15) is 424 Å². The molecule has 84 heavy (non-hydrogen) atoms. The monoisotopic (exact) mass is 1160 g/mol. The molecule has 0 aliphatic heterocycles. The second kappa shape index (κ2) is 63.5. The summed E-state index contributed by atoms with van der Waals surface area (Å²) >= 11 is 0. The van der Waals surface area contributed by atoms with Crippen molar-refractivity contribution in [3.05, 3.63) is 71.8 Å². The molecular formula is C82H146N2. The maximum atomic E-state index is 5.39. The van der Waals surface area contributed by atoms with Gasteiger partial charge in [0.15, 0.2) is 0 Å². The molecule has 0 saturated heterocycles. The fraction of sp³-hybridized carbons (Fsp3) is 0.805. The second-order valence-corrected chi connectivity index (χ2v) is 26.9. The van der Waals surface area contributed by atoms with Gasteiger partial charge in [-0.15, -0.1) is 0 Å². The first-order valence-electron chi connectivity index (χ1n) is 38.7. The van der Waals surface area contributed by atoms with E-state index >= 15 is 0 Å². The molecule has 0 saturated carbocycles. The first kappa shape index (κ1) is 77.6. The van der Waals surface area contributed by atoms with Crippen LogP contribution in [0.25, 0.3) is 0 Å². The van der Waals surface area contributed by atoms with Crippen LogP contribution in [0.15, 0.2) is 70.7 Å². The Kier molecular flexibility index (Phi) is 58.7. The van der Waals surface area contributed by atoms with Gasteiger partial charge in [-0.05, 0) is 92.8 Å². The van der Waals surface area contributed by atoms with Crippen LogP contribution in [0.5, 0.6) is 0 Å². The minimum atomic E-state index is 0.956. The van der Waals surface area contributed by atoms with E-state index in [0.29, 0.717) is 0 Å². The average Bonchev–Trinajstić information content (AvgIpc) is 3.71. The fourth-order valence-corrected chi connectivity index (χ4v) is 12.7. The lowest BCUT2D eigenvalue weighted by Crippen LogP contribution is -2.11. The molecule has 2 rings (SSSR count). The minimum absolute atomic E-state index is 0.956. The second-order valence-electron chi connectivity index (χ2n) is 26.9. The van der Waals surface area contributed by atoms with E-state index in [9.17, 15) is 0 Å². The SMILES string of the molecule is CCCCCCCCCCCCCCCCCCC=CC(=Nc1ccc(CCCCCCCCCCCCCCCCCCCCCC)cc1)C(CCCC)=Nc1ccc(CCCCCCCCCCCCCCCCCCCCCC)cc1. The molecule has 0 spiro atoms. The number of hydrogen-bond donors (Lipinski definition) is 0. The van der Waals surface area contributed by atoms with Crippen LogP contribution < -0.4 is 0 Å². The molecule has 0 heterocycles. The molecule has 0 amide bonds. The predicted octanol–water partition coefficient (Wildman–Crippen LogP) is 29.7. The van der Waals surface area contributed by atoms with E-state index < -0.39 is 0 Å². The Balaban J connectivity index is 1.80. The van der Waals surface area contributed by atoms with Gasteiger partial charge in [0.2, 0.25) is 0 Å². The van der Waals surface area contributed by atoms with Gasteiger partial charge in [0.25, 0.3) is 0 Å². The standard InChI is InChI=1S/C82H146N2/c1-5-9-13-16-19-22-25-28-31-34-37-39-41-44-47-50-53-56-59-62-65-77-69-73-79(74-70-77)83-81(67-12-8-4)82(68-64-61-58-55-52-49-46-43-36-33-30-27-24-21-18-15-11-7-3)84-80-75-71-78(72-76-80)66-63-60-57-54-51-48-45-42-40-38-35-32-29-26-23-20-17-14-10-6-2/h64,68-76H,5-63,65-67H2,1-4H3. The van der Waals surface area contributed by atoms with Crippen LogP contribution in [-0.2, 0) is 12.8 Å². The number of hydrogen-bond acceptors (Lipinski definition) is 2. The van der Waals surface area contributed by atoms with E-state index in [4.69, 9.17) is 9.98 Å². The van der Waals surface area contributed by atoms with E-state index in [1.807, 2.05) is 0 Å². The largest absolute Gasteiger partial charge is 0.251 e. The molecular weight excluding hydrogens is 1010 g/mol. The van der Waals surface area contributed by atoms with Gasteiger partial charge in [-0.2, -0.15) is 0 Å². The Morgan fingerprint density at radius 3 is 0.738 bits per heavy atom. The van der Waals surface area contributed by atoms with Gasteiger partial charge in [0.05, 0.1) is 22.8 Å². The summed E-state index contributed by atoms with van der Waals surface area (Å²) in [5.41, 5.74) is 7.21. The lowest BCUT2D eigenvalue weighted by atomic mass is 10.0. The number of aliphatic imine (C=N–C) groups is 2. The van der Waals surface area contributed by atoms with Crippen LogP contribution >= 0.6 is 0 Å². The van der Waals surface area contributed by atoms with Crippen LogP contribution in [0.3, 0.4) is 0 Å². The summed E-state index contributed by atoms with van der Waals surface area (Å²) in [7, 11) is 0. The van der Waals surface area contributed by atoms with Gasteiger partial charge >= 0.3 is 0 Å². The summed E-state index contributed by atoms with van der Waals surface area (Å²) in [5, 5.41) is 0. The van der Waals surface area contributed by atoms with Crippen molar-refractivity contribution in [2.24, 2.45) is 9.98 Å². The summed E-state index contributed by atoms with van der Waals surface area (Å²) < 4.78 is 0. The topological polar surface area (TPSA) is 24.7 Å². The fourth-order valence-electron chi connectivity index (χ4n) is 12.7. The third-order valence-corrected chi connectivity index (χ3v) is 18.6. The highest BCUT2D eigenvalue weighted by Crippen LogP contribution is 2.23. The van der Waals surface area contributed by atoms with Crippen molar-refractivity contribution in [2.75, 3.05) is 0 Å². The number of rotatable bonds is 66. The normalized spacial score (nSPS) is 12.2. The van der Waals surface area contributed by atoms with Crippen molar-refractivity contribution < 1.29 is 0 Å². The molecule has 0 unspecified atom stereocenters. The molecule has 0 radical (unpaired) electrons. The zero-order valence-electron chi connectivity index (χ0n) is 57.5. The first-order chi connectivity index (χ1) is 41.7. The zero-order valence-corrected chi connectivity index (χ0v) is 57.5. The summed E-state index contributed by atoms with van der Waals surface area (Å²) in [6, 6.07) is 18.4. The molecule has 0 aliphatic carbocycles. The molecule has 484 valence electrons. The lowest BCUT2D eigenvalue weighted by Gasteiger charge is -2.09. The van der Waals surface area contributed by atoms with Gasteiger partial charge in [0.1, 0.15) is 0 Å². The highest BCUT2D eigenvalue weighted by molar-refractivity contribution is 6.47. The molecule has 0 N–H and O–H groups in total. The van der Waals surface area contributed by atoms with E-state index in [1.165, 1.54) is 384 Å². The van der Waals surface area contributed by atoms with Crippen LogP contribution in [-0.4, -0.2) is 11.4 Å². The number of benzene rings is 2. The smallest absolute Gasteiger partial charge is 0.0848 e. The van der Waals surface area contributed by atoms with Crippen molar-refractivity contribution in [3.63, 3.8) is 0 Å². The summed E-state index contributed by atoms with van der Waals surface area (Å²) in [4.78, 5) is 10.8. The lowest BCUT2D eigenvalue weighted by molar-refractivity contribution is 0.522. The van der Waals surface area contributed by atoms with Crippen molar-refractivity contribution in [1.29, 1.82) is 0 Å². The molecule has 0 bridgehead atoms. The van der Waals surface area contributed by atoms with Gasteiger partial charge in [-0.3, -0.25) is 4.99 Å². The Hall–Kier alpha value is -2.48. The minimum Gasteiger partial charge on any atom is -0.251 e.